The number of pyridine rings is 1. The van der Waals surface area contributed by atoms with E-state index < -0.39 is 0 Å². The maximum absolute atomic E-state index is 10.8. The summed E-state index contributed by atoms with van der Waals surface area (Å²) in [5.41, 5.74) is 3.66. The van der Waals surface area contributed by atoms with Gasteiger partial charge in [0.2, 0.25) is 0 Å². The Balaban J connectivity index is 1.35. The molecule has 7 heteroatoms. The molecule has 1 N–H and O–H groups in total. The number of hydrogen-bond acceptors (Lipinski definition) is 7. The van der Waals surface area contributed by atoms with Crippen LogP contribution in [-0.2, 0) is 22.4 Å². The fourth-order valence-corrected chi connectivity index (χ4v) is 5.91. The lowest BCUT2D eigenvalue weighted by Crippen LogP contribution is -2.32. The number of rotatable bonds is 10. The molecule has 0 bridgehead atoms. The molecule has 2 aromatic rings. The maximum atomic E-state index is 10.8. The average Bonchev–Trinajstić information content (AvgIpc) is 3.55. The molecule has 1 aromatic heterocycles. The highest BCUT2D eigenvalue weighted by molar-refractivity contribution is 5.89. The molecule has 0 amide bonds. The summed E-state index contributed by atoms with van der Waals surface area (Å²) < 4.78 is 17.2. The molecule has 0 spiro atoms. The topological polar surface area (TPSA) is 72.9 Å². The summed E-state index contributed by atoms with van der Waals surface area (Å²) in [4.78, 5) is 18.4. The molecule has 0 radical (unpaired) electrons. The molecular weight excluding hydrogens is 430 g/mol. The zero-order valence-corrected chi connectivity index (χ0v) is 20.3. The summed E-state index contributed by atoms with van der Waals surface area (Å²) in [5.74, 6) is 2.54. The molecule has 1 saturated carbocycles. The van der Waals surface area contributed by atoms with E-state index in [0.29, 0.717) is 13.1 Å². The largest absolute Gasteiger partial charge is 0.493 e. The number of ether oxygens (including phenoxy) is 3. The lowest BCUT2D eigenvalue weighted by atomic mass is 9.92. The average molecular weight is 468 g/mol. The van der Waals surface area contributed by atoms with Crippen LogP contribution in [-0.4, -0.2) is 61.9 Å². The summed E-state index contributed by atoms with van der Waals surface area (Å²) in [6.07, 6.45) is 10.8. The van der Waals surface area contributed by atoms with Gasteiger partial charge in [-0.15, -0.1) is 0 Å². The lowest BCUT2D eigenvalue weighted by molar-refractivity contribution is -0.134. The molecule has 1 aromatic carbocycles. The SMILES string of the molecule is COc1cc2c3c(c(N[C@@H]4CCC[C@H](OC=O)C4)nc2cc1OCCCN1CCCC1)CCC3. The first kappa shape index (κ1) is 23.2. The fraction of sp³-hybridized carbons (Fsp3) is 0.630. The fourth-order valence-electron chi connectivity index (χ4n) is 5.91. The number of nitrogens with one attached hydrogen (secondary N) is 1. The number of carbonyl (C=O) groups excluding carboxylic acids is 1. The molecule has 2 aliphatic carbocycles. The number of hydrogen-bond donors (Lipinski definition) is 1. The van der Waals surface area contributed by atoms with E-state index in [9.17, 15) is 4.79 Å². The minimum atomic E-state index is 0.00192. The number of anilines is 1. The van der Waals surface area contributed by atoms with E-state index in [1.54, 1.807) is 7.11 Å². The molecule has 1 aliphatic heterocycles. The number of carbonyl (C=O) groups is 1. The highest BCUT2D eigenvalue weighted by Crippen LogP contribution is 2.40. The maximum Gasteiger partial charge on any atom is 0.293 e. The quantitative estimate of drug-likeness (QED) is 0.408. The molecule has 7 nitrogen and oxygen atoms in total. The Labute approximate surface area is 202 Å². The second kappa shape index (κ2) is 10.8. The second-order valence-corrected chi connectivity index (χ2v) is 9.90. The molecule has 2 heterocycles. The van der Waals surface area contributed by atoms with Gasteiger partial charge in [0.1, 0.15) is 11.9 Å². The Morgan fingerprint density at radius 2 is 1.94 bits per heavy atom. The molecule has 34 heavy (non-hydrogen) atoms. The van der Waals surface area contributed by atoms with E-state index in [0.717, 1.165) is 80.7 Å². The minimum absolute atomic E-state index is 0.00192. The number of aromatic nitrogens is 1. The molecule has 3 aliphatic rings. The van der Waals surface area contributed by atoms with E-state index in [-0.39, 0.29) is 12.1 Å². The molecule has 184 valence electrons. The van der Waals surface area contributed by atoms with Gasteiger partial charge < -0.3 is 24.4 Å². The Bertz CT molecular complexity index is 1010. The Hall–Kier alpha value is -2.54. The monoisotopic (exact) mass is 467 g/mol. The second-order valence-electron chi connectivity index (χ2n) is 9.90. The zero-order valence-electron chi connectivity index (χ0n) is 20.3. The van der Waals surface area contributed by atoms with Crippen LogP contribution in [0.25, 0.3) is 10.9 Å². The van der Waals surface area contributed by atoms with Crippen molar-refractivity contribution >= 4 is 23.2 Å². The Morgan fingerprint density at radius 1 is 1.09 bits per heavy atom. The van der Waals surface area contributed by atoms with Crippen molar-refractivity contribution in [2.45, 2.75) is 76.4 Å². The number of nitrogens with zero attached hydrogens (tertiary/aromatic N) is 2. The Morgan fingerprint density at radius 3 is 2.76 bits per heavy atom. The van der Waals surface area contributed by atoms with Crippen molar-refractivity contribution in [2.24, 2.45) is 0 Å². The first-order valence-corrected chi connectivity index (χ1v) is 13.0. The molecule has 2 atom stereocenters. The third-order valence-electron chi connectivity index (χ3n) is 7.63. The van der Waals surface area contributed by atoms with Crippen molar-refractivity contribution < 1.29 is 19.0 Å². The third kappa shape index (κ3) is 5.09. The van der Waals surface area contributed by atoms with E-state index in [1.165, 1.54) is 42.4 Å². The molecule has 0 unspecified atom stereocenters. The van der Waals surface area contributed by atoms with Gasteiger partial charge >= 0.3 is 0 Å². The molecule has 2 fully saturated rings. The first-order valence-electron chi connectivity index (χ1n) is 13.0. The summed E-state index contributed by atoms with van der Waals surface area (Å²) in [7, 11) is 1.71. The predicted octanol–water partition coefficient (Wildman–Crippen LogP) is 4.49. The zero-order chi connectivity index (χ0) is 23.3. The van der Waals surface area contributed by atoms with Crippen LogP contribution in [0.2, 0.25) is 0 Å². The van der Waals surface area contributed by atoms with Crippen LogP contribution in [0.3, 0.4) is 0 Å². The number of likely N-dealkylation sites (tertiary alicyclic amines) is 1. The van der Waals surface area contributed by atoms with Crippen molar-refractivity contribution in [3.63, 3.8) is 0 Å². The third-order valence-corrected chi connectivity index (χ3v) is 7.63. The van der Waals surface area contributed by atoms with Gasteiger partial charge in [-0.2, -0.15) is 0 Å². The lowest BCUT2D eigenvalue weighted by Gasteiger charge is -2.29. The number of fused-ring (bicyclic) bond motifs is 3. The number of benzene rings is 1. The van der Waals surface area contributed by atoms with Crippen LogP contribution in [0, 0.1) is 0 Å². The normalized spacial score (nSPS) is 22.5. The van der Waals surface area contributed by atoms with E-state index in [2.05, 4.69) is 16.3 Å². The van der Waals surface area contributed by atoms with Crippen LogP contribution in [0.4, 0.5) is 5.82 Å². The van der Waals surface area contributed by atoms with Crippen molar-refractivity contribution in [1.82, 2.24) is 9.88 Å². The predicted molar refractivity (Wildman–Crippen MR) is 133 cm³/mol. The molecule has 1 saturated heterocycles. The van der Waals surface area contributed by atoms with Crippen molar-refractivity contribution in [1.29, 1.82) is 0 Å². The number of aryl methyl sites for hydroxylation is 1. The van der Waals surface area contributed by atoms with E-state index >= 15 is 0 Å². The van der Waals surface area contributed by atoms with Crippen molar-refractivity contribution in [3.05, 3.63) is 23.3 Å². The number of methoxy groups -OCH3 is 1. The van der Waals surface area contributed by atoms with E-state index in [4.69, 9.17) is 19.2 Å². The van der Waals surface area contributed by atoms with Gasteiger partial charge in [-0.05, 0) is 88.1 Å². The molecular formula is C27H37N3O4. The first-order chi connectivity index (χ1) is 16.7. The van der Waals surface area contributed by atoms with Gasteiger partial charge in [-0.3, -0.25) is 4.79 Å². The summed E-state index contributed by atoms with van der Waals surface area (Å²) in [5, 5.41) is 4.88. The van der Waals surface area contributed by atoms with Crippen LogP contribution < -0.4 is 14.8 Å². The van der Waals surface area contributed by atoms with Gasteiger partial charge in [-0.25, -0.2) is 4.98 Å². The van der Waals surface area contributed by atoms with Crippen LogP contribution in [0.5, 0.6) is 11.5 Å². The van der Waals surface area contributed by atoms with E-state index in [1.807, 2.05) is 6.07 Å². The van der Waals surface area contributed by atoms with Gasteiger partial charge in [0.15, 0.2) is 11.5 Å². The van der Waals surface area contributed by atoms with Crippen molar-refractivity contribution in [3.8, 4) is 11.5 Å². The summed E-state index contributed by atoms with van der Waals surface area (Å²) in [6.45, 7) is 4.78. The molecule has 5 rings (SSSR count). The summed E-state index contributed by atoms with van der Waals surface area (Å²) in [6, 6.07) is 4.43. The standard InChI is InChI=1S/C27H37N3O4/c1-32-25-16-23-21-9-5-10-22(21)27(28-19-7-4-8-20(15-19)34-18-31)29-24(23)17-26(25)33-14-6-13-30-11-2-3-12-30/h16-20H,2-15H2,1H3,(H,28,29)/t19-,20+/m1/s1. The smallest absolute Gasteiger partial charge is 0.293 e. The van der Waals surface area contributed by atoms with Gasteiger partial charge in [0, 0.05) is 30.5 Å². The summed E-state index contributed by atoms with van der Waals surface area (Å²) >= 11 is 0. The van der Waals surface area contributed by atoms with Crippen molar-refractivity contribution in [2.75, 3.05) is 38.7 Å². The highest BCUT2D eigenvalue weighted by atomic mass is 16.5. The highest BCUT2D eigenvalue weighted by Gasteiger charge is 2.27. The minimum Gasteiger partial charge on any atom is -0.493 e. The Kier molecular flexibility index (Phi) is 7.38. The van der Waals surface area contributed by atoms with Crippen LogP contribution in [0.15, 0.2) is 12.1 Å². The van der Waals surface area contributed by atoms with Gasteiger partial charge in [0.05, 0.1) is 19.2 Å². The van der Waals surface area contributed by atoms with Crippen LogP contribution >= 0.6 is 0 Å². The van der Waals surface area contributed by atoms with Gasteiger partial charge in [-0.1, -0.05) is 0 Å². The van der Waals surface area contributed by atoms with Crippen LogP contribution in [0.1, 0.15) is 62.5 Å². The van der Waals surface area contributed by atoms with Gasteiger partial charge in [0.25, 0.3) is 6.47 Å².